The van der Waals surface area contributed by atoms with Gasteiger partial charge in [-0.25, -0.2) is 0 Å². The van der Waals surface area contributed by atoms with Gasteiger partial charge in [0.25, 0.3) is 0 Å². The molecule has 4 aromatic rings. The van der Waals surface area contributed by atoms with Crippen molar-refractivity contribution in [1.29, 1.82) is 0 Å². The van der Waals surface area contributed by atoms with E-state index >= 15 is 0 Å². The molecule has 7 heteroatoms. The number of benzene rings is 4. The predicted molar refractivity (Wildman–Crippen MR) is 130 cm³/mol. The molecule has 0 aliphatic carbocycles. The minimum Gasteiger partial charge on any atom is -0.545 e. The Morgan fingerprint density at radius 2 is 0.973 bits per heavy atom. The minimum atomic E-state index is -1.15. The molecule has 0 radical (unpaired) electrons. The average Bonchev–Trinajstić information content (AvgIpc) is 2.86. The van der Waals surface area contributed by atoms with Crippen molar-refractivity contribution in [3.05, 3.63) is 117 Å². The quantitative estimate of drug-likeness (QED) is 0.310. The van der Waals surface area contributed by atoms with Gasteiger partial charge < -0.3 is 29.3 Å². The van der Waals surface area contributed by atoms with E-state index in [1.165, 1.54) is 0 Å². The van der Waals surface area contributed by atoms with Gasteiger partial charge >= 0.3 is 17.1 Å². The summed E-state index contributed by atoms with van der Waals surface area (Å²) in [6, 6.07) is 22.4. The van der Waals surface area contributed by atoms with Crippen molar-refractivity contribution >= 4 is 11.9 Å². The largest absolute Gasteiger partial charge is 2.00 e. The molecular weight excluding hydrogens is 512 g/mol. The number of hydrogen-bond donors (Lipinski definition) is 0. The number of fused-ring (bicyclic) bond motifs is 4. The molecule has 0 bridgehead atoms. The zero-order valence-electron chi connectivity index (χ0n) is 20.1. The van der Waals surface area contributed by atoms with Crippen LogP contribution in [0.4, 0.5) is 0 Å². The van der Waals surface area contributed by atoms with Gasteiger partial charge in [0, 0.05) is 35.1 Å². The van der Waals surface area contributed by atoms with Crippen molar-refractivity contribution in [3.63, 3.8) is 0 Å². The Bertz CT molecular complexity index is 1410. The van der Waals surface area contributed by atoms with Crippen molar-refractivity contribution in [2.45, 2.75) is 26.7 Å². The number of carboxylic acid groups (broad SMARTS) is 2. The fourth-order valence-electron chi connectivity index (χ4n) is 4.72. The van der Waals surface area contributed by atoms with Crippen LogP contribution < -0.4 is 19.7 Å². The van der Waals surface area contributed by atoms with Gasteiger partial charge in [-0.1, -0.05) is 48.5 Å². The normalized spacial score (nSPS) is 11.9. The van der Waals surface area contributed by atoms with Gasteiger partial charge in [-0.05, 0) is 60.4 Å². The van der Waals surface area contributed by atoms with Crippen LogP contribution in [0.1, 0.15) is 54.1 Å². The first-order chi connectivity index (χ1) is 17.3. The van der Waals surface area contributed by atoms with E-state index in [2.05, 4.69) is 0 Å². The van der Waals surface area contributed by atoms with E-state index < -0.39 is 11.9 Å². The number of rotatable bonds is 2. The van der Waals surface area contributed by atoms with Crippen LogP contribution >= 0.6 is 0 Å². The van der Waals surface area contributed by atoms with E-state index in [1.54, 1.807) is 26.0 Å². The Labute approximate surface area is 225 Å². The first kappa shape index (κ1) is 26.0. The van der Waals surface area contributed by atoms with E-state index in [1.807, 2.05) is 60.7 Å². The van der Waals surface area contributed by atoms with Crippen LogP contribution in [0.2, 0.25) is 0 Å². The van der Waals surface area contributed by atoms with Crippen molar-refractivity contribution in [1.82, 2.24) is 0 Å². The second-order valence-corrected chi connectivity index (χ2v) is 8.82. The van der Waals surface area contributed by atoms with Crippen LogP contribution in [-0.4, -0.2) is 11.9 Å². The van der Waals surface area contributed by atoms with Crippen molar-refractivity contribution in [2.24, 2.45) is 0 Å². The average molecular weight is 534 g/mol. The maximum Gasteiger partial charge on any atom is 2.00 e. The molecule has 37 heavy (non-hydrogen) atoms. The molecule has 0 fully saturated rings. The number of carbonyl (C=O) groups excluding carboxylic acids is 2. The Hall–Kier alpha value is -4.06. The molecule has 6 rings (SSSR count). The first-order valence-electron chi connectivity index (χ1n) is 11.5. The number of aromatic carboxylic acids is 2. The Morgan fingerprint density at radius 1 is 0.595 bits per heavy atom. The molecule has 0 amide bonds. The van der Waals surface area contributed by atoms with Crippen LogP contribution in [0.15, 0.2) is 72.8 Å². The minimum absolute atomic E-state index is 0. The summed E-state index contributed by atoms with van der Waals surface area (Å²) in [6.07, 6.45) is 1.13. The van der Waals surface area contributed by atoms with Crippen LogP contribution in [0.25, 0.3) is 0 Å². The molecule has 2 aliphatic heterocycles. The van der Waals surface area contributed by atoms with E-state index in [9.17, 15) is 19.8 Å². The summed E-state index contributed by atoms with van der Waals surface area (Å²) in [7, 11) is 0. The topological polar surface area (TPSA) is 98.7 Å². The molecule has 0 atom stereocenters. The number of hydrogen-bond acceptors (Lipinski definition) is 6. The molecule has 0 spiro atoms. The third-order valence-corrected chi connectivity index (χ3v) is 6.48. The second kappa shape index (κ2) is 10.5. The number of carboxylic acids is 2. The third-order valence-electron chi connectivity index (χ3n) is 6.48. The van der Waals surface area contributed by atoms with Crippen molar-refractivity contribution < 1.29 is 46.3 Å². The van der Waals surface area contributed by atoms with Gasteiger partial charge in [0.1, 0.15) is 23.0 Å². The number of para-hydroxylation sites is 2. The van der Waals surface area contributed by atoms with Gasteiger partial charge in [-0.15, -0.1) is 0 Å². The summed E-state index contributed by atoms with van der Waals surface area (Å²) in [5.74, 6) is 0.507. The molecule has 0 saturated carbocycles. The fourth-order valence-corrected chi connectivity index (χ4v) is 4.72. The maximum atomic E-state index is 11.2. The fraction of sp³-hybridized carbons (Fsp3) is 0.133. The molecule has 186 valence electrons. The Morgan fingerprint density at radius 3 is 1.35 bits per heavy atom. The molecule has 0 aromatic heterocycles. The standard InChI is InChI=1S/2C15H12O3.Fe/c2*1-9-6-7-13-11(14(9)15(16)17)8-10-4-2-3-5-12(10)18-13;/h2*2-7H,8H2,1H3,(H,16,17);/q;;+2/p-2. The number of ether oxygens (including phenoxy) is 2. The summed E-state index contributed by atoms with van der Waals surface area (Å²) in [6.45, 7) is 3.54. The second-order valence-electron chi connectivity index (χ2n) is 8.82. The zero-order valence-corrected chi connectivity index (χ0v) is 21.2. The van der Waals surface area contributed by atoms with Crippen molar-refractivity contribution in [3.8, 4) is 23.0 Å². The summed E-state index contributed by atoms with van der Waals surface area (Å²) in [4.78, 5) is 22.5. The molecule has 6 nitrogen and oxygen atoms in total. The van der Waals surface area contributed by atoms with Crippen LogP contribution in [0.5, 0.6) is 23.0 Å². The summed E-state index contributed by atoms with van der Waals surface area (Å²) in [5.41, 5.74) is 5.32. The van der Waals surface area contributed by atoms with Gasteiger partial charge in [0.2, 0.25) is 0 Å². The number of carbonyl (C=O) groups is 2. The smallest absolute Gasteiger partial charge is 0.545 e. The van der Waals surface area contributed by atoms with Crippen LogP contribution in [-0.2, 0) is 29.9 Å². The maximum absolute atomic E-state index is 11.2. The van der Waals surface area contributed by atoms with E-state index in [-0.39, 0.29) is 28.2 Å². The summed E-state index contributed by atoms with van der Waals surface area (Å²) < 4.78 is 11.5. The molecule has 0 unspecified atom stereocenters. The molecule has 2 heterocycles. The molecule has 4 aromatic carbocycles. The Kier molecular flexibility index (Phi) is 7.39. The van der Waals surface area contributed by atoms with E-state index in [4.69, 9.17) is 9.47 Å². The van der Waals surface area contributed by atoms with E-state index in [0.717, 1.165) is 22.6 Å². The van der Waals surface area contributed by atoms with Gasteiger partial charge in [-0.2, -0.15) is 0 Å². The monoisotopic (exact) mass is 534 g/mol. The molecule has 2 aliphatic rings. The van der Waals surface area contributed by atoms with Crippen molar-refractivity contribution in [2.75, 3.05) is 0 Å². The first-order valence-corrected chi connectivity index (χ1v) is 11.5. The van der Waals surface area contributed by atoms with Gasteiger partial charge in [-0.3, -0.25) is 0 Å². The van der Waals surface area contributed by atoms with Crippen LogP contribution in [0.3, 0.4) is 0 Å². The van der Waals surface area contributed by atoms with Gasteiger partial charge in [0.05, 0.1) is 11.9 Å². The van der Waals surface area contributed by atoms with Crippen LogP contribution in [0, 0.1) is 13.8 Å². The molecule has 0 N–H and O–H groups in total. The molecule has 0 saturated heterocycles. The molecular formula is C30H22FeO6. The van der Waals surface area contributed by atoms with Gasteiger partial charge in [0.15, 0.2) is 0 Å². The summed E-state index contributed by atoms with van der Waals surface area (Å²) >= 11 is 0. The zero-order chi connectivity index (χ0) is 25.4. The SMILES string of the molecule is Cc1ccc2c(c1C(=O)[O-])Cc1ccccc1O2.Cc1ccc2c(c1C(=O)[O-])Cc1ccccc1O2.[Fe+2]. The third kappa shape index (κ3) is 4.96. The Balaban J connectivity index is 0.000000168. The summed E-state index contributed by atoms with van der Waals surface area (Å²) in [5, 5.41) is 22.5. The van der Waals surface area contributed by atoms with E-state index in [0.29, 0.717) is 46.6 Å². The number of aryl methyl sites for hydroxylation is 2. The predicted octanol–water partition coefficient (Wildman–Crippen LogP) is 4.11.